The van der Waals surface area contributed by atoms with Gasteiger partial charge in [-0.1, -0.05) is 43.7 Å². The van der Waals surface area contributed by atoms with Gasteiger partial charge in [0.05, 0.1) is 38.2 Å². The molecule has 4 rings (SSSR count). The molecule has 0 saturated carbocycles. The number of carbonyl (C=O) groups excluding carboxylic acids is 1. The number of methoxy groups -OCH3 is 2. The van der Waals surface area contributed by atoms with Crippen LogP contribution in [-0.2, 0) is 13.1 Å². The predicted octanol–water partition coefficient (Wildman–Crippen LogP) is 3.95. The fourth-order valence-corrected chi connectivity index (χ4v) is 4.26. The summed E-state index contributed by atoms with van der Waals surface area (Å²) in [7, 11) is 2.91. The van der Waals surface area contributed by atoms with Crippen molar-refractivity contribution in [1.29, 1.82) is 0 Å². The molecule has 0 fully saturated rings. The minimum Gasteiger partial charge on any atom is -0.493 e. The highest BCUT2D eigenvalue weighted by Crippen LogP contribution is 2.30. The third-order valence-electron chi connectivity index (χ3n) is 6.39. The van der Waals surface area contributed by atoms with Gasteiger partial charge in [-0.3, -0.25) is 18.7 Å². The quantitative estimate of drug-likeness (QED) is 0.321. The largest absolute Gasteiger partial charge is 0.493 e. The van der Waals surface area contributed by atoms with E-state index in [1.165, 1.54) is 30.9 Å². The molecule has 38 heavy (non-hydrogen) atoms. The maximum Gasteiger partial charge on any atom is 0.332 e. The summed E-state index contributed by atoms with van der Waals surface area (Å²) in [5, 5.41) is 3.09. The number of hydrogen-bond acceptors (Lipinski definition) is 5. The Labute approximate surface area is 219 Å². The fraction of sp³-hybridized carbons (Fsp3) is 0.276. The standard InChI is InChI=1S/C29H30FN3O5/c1-4-5-14-31-27(34)20-12-10-19(11-13-20)17-33-28(35)22-15-25(37-2)26(38-3)16-24(22)32(29(33)36)18-21-8-6-7-9-23(21)30/h6-13,15-16H,4-5,14,17-18H2,1-3H3,(H,31,34). The maximum absolute atomic E-state index is 14.5. The highest BCUT2D eigenvalue weighted by Gasteiger charge is 2.18. The molecule has 9 heteroatoms. The van der Waals surface area contributed by atoms with E-state index in [1.54, 1.807) is 48.5 Å². The van der Waals surface area contributed by atoms with Crippen LogP contribution in [0.4, 0.5) is 4.39 Å². The third kappa shape index (κ3) is 5.46. The summed E-state index contributed by atoms with van der Waals surface area (Å²) in [4.78, 5) is 39.5. The first kappa shape index (κ1) is 26.7. The number of unbranched alkanes of at least 4 members (excludes halogenated alkanes) is 1. The summed E-state index contributed by atoms with van der Waals surface area (Å²) in [6, 6.07) is 16.0. The zero-order chi connectivity index (χ0) is 27.2. The van der Waals surface area contributed by atoms with Crippen molar-refractivity contribution in [2.75, 3.05) is 20.8 Å². The molecule has 198 valence electrons. The van der Waals surface area contributed by atoms with Crippen molar-refractivity contribution >= 4 is 16.8 Å². The molecule has 1 aromatic heterocycles. The SMILES string of the molecule is CCCCNC(=O)c1ccc(Cn2c(=O)c3cc(OC)c(OC)cc3n(Cc3ccccc3F)c2=O)cc1. The highest BCUT2D eigenvalue weighted by molar-refractivity contribution is 5.94. The van der Waals surface area contributed by atoms with Crippen LogP contribution < -0.4 is 26.0 Å². The lowest BCUT2D eigenvalue weighted by Gasteiger charge is -2.17. The number of nitrogens with zero attached hydrogens (tertiary/aromatic N) is 2. The topological polar surface area (TPSA) is 91.6 Å². The van der Waals surface area contributed by atoms with Crippen LogP contribution in [0.25, 0.3) is 10.9 Å². The second kappa shape index (κ2) is 11.8. The van der Waals surface area contributed by atoms with Crippen molar-refractivity contribution in [3.8, 4) is 11.5 Å². The molecular formula is C29H30FN3O5. The zero-order valence-corrected chi connectivity index (χ0v) is 21.6. The summed E-state index contributed by atoms with van der Waals surface area (Å²) in [6.07, 6.45) is 1.87. The van der Waals surface area contributed by atoms with E-state index in [2.05, 4.69) is 5.32 Å². The van der Waals surface area contributed by atoms with E-state index in [-0.39, 0.29) is 24.4 Å². The van der Waals surface area contributed by atoms with Crippen LogP contribution in [0.1, 0.15) is 41.3 Å². The van der Waals surface area contributed by atoms with Crippen molar-refractivity contribution < 1.29 is 18.7 Å². The molecule has 0 atom stereocenters. The third-order valence-corrected chi connectivity index (χ3v) is 6.39. The first-order valence-corrected chi connectivity index (χ1v) is 12.4. The number of amides is 1. The molecule has 1 heterocycles. The number of halogens is 1. The molecule has 3 aromatic carbocycles. The fourth-order valence-electron chi connectivity index (χ4n) is 4.26. The lowest BCUT2D eigenvalue weighted by atomic mass is 10.1. The number of nitrogens with one attached hydrogen (secondary N) is 1. The molecule has 1 amide bonds. The molecule has 0 aliphatic carbocycles. The van der Waals surface area contributed by atoms with E-state index in [0.29, 0.717) is 40.3 Å². The predicted molar refractivity (Wildman–Crippen MR) is 144 cm³/mol. The Bertz CT molecular complexity index is 1570. The first-order valence-electron chi connectivity index (χ1n) is 12.4. The molecule has 0 radical (unpaired) electrons. The molecular weight excluding hydrogens is 489 g/mol. The van der Waals surface area contributed by atoms with Gasteiger partial charge in [-0.15, -0.1) is 0 Å². The van der Waals surface area contributed by atoms with Crippen molar-refractivity contribution in [2.24, 2.45) is 0 Å². The van der Waals surface area contributed by atoms with E-state index < -0.39 is 17.1 Å². The summed E-state index contributed by atoms with van der Waals surface area (Å²) < 4.78 is 27.8. The van der Waals surface area contributed by atoms with Crippen molar-refractivity contribution in [3.05, 3.63) is 104 Å². The number of fused-ring (bicyclic) bond motifs is 1. The Morgan fingerprint density at radius 2 is 1.61 bits per heavy atom. The van der Waals surface area contributed by atoms with Crippen molar-refractivity contribution in [1.82, 2.24) is 14.5 Å². The number of hydrogen-bond donors (Lipinski definition) is 1. The van der Waals surface area contributed by atoms with Crippen LogP contribution in [-0.4, -0.2) is 35.8 Å². The minimum atomic E-state index is -0.598. The molecule has 0 saturated heterocycles. The van der Waals surface area contributed by atoms with Crippen LogP contribution >= 0.6 is 0 Å². The van der Waals surface area contributed by atoms with E-state index in [0.717, 1.165) is 17.4 Å². The van der Waals surface area contributed by atoms with Gasteiger partial charge in [0.15, 0.2) is 11.5 Å². The van der Waals surface area contributed by atoms with Gasteiger partial charge in [0.25, 0.3) is 11.5 Å². The van der Waals surface area contributed by atoms with E-state index in [9.17, 15) is 18.8 Å². The summed E-state index contributed by atoms with van der Waals surface area (Å²) in [5.74, 6) is 0.0320. The molecule has 0 unspecified atom stereocenters. The van der Waals surface area contributed by atoms with Gasteiger partial charge in [0, 0.05) is 23.7 Å². The van der Waals surface area contributed by atoms with Gasteiger partial charge in [-0.2, -0.15) is 0 Å². The molecule has 0 spiro atoms. The maximum atomic E-state index is 14.5. The molecule has 8 nitrogen and oxygen atoms in total. The van der Waals surface area contributed by atoms with Gasteiger partial charge >= 0.3 is 5.69 Å². The second-order valence-corrected chi connectivity index (χ2v) is 8.88. The van der Waals surface area contributed by atoms with E-state index in [4.69, 9.17) is 9.47 Å². The minimum absolute atomic E-state index is 0.0308. The van der Waals surface area contributed by atoms with Gasteiger partial charge < -0.3 is 14.8 Å². The smallest absolute Gasteiger partial charge is 0.332 e. The monoisotopic (exact) mass is 519 g/mol. The van der Waals surface area contributed by atoms with Gasteiger partial charge in [0.1, 0.15) is 5.82 Å². The summed E-state index contributed by atoms with van der Waals surface area (Å²) in [5.41, 5.74) is 0.637. The second-order valence-electron chi connectivity index (χ2n) is 8.88. The Morgan fingerprint density at radius 3 is 2.26 bits per heavy atom. The van der Waals surface area contributed by atoms with Crippen LogP contribution in [0, 0.1) is 5.82 Å². The first-order chi connectivity index (χ1) is 18.4. The molecule has 1 N–H and O–H groups in total. The van der Waals surface area contributed by atoms with Crippen molar-refractivity contribution in [2.45, 2.75) is 32.9 Å². The average molecular weight is 520 g/mol. The lowest BCUT2D eigenvalue weighted by Crippen LogP contribution is -2.40. The molecule has 4 aromatic rings. The number of rotatable bonds is 10. The Hall–Kier alpha value is -4.40. The lowest BCUT2D eigenvalue weighted by molar-refractivity contribution is 0.0953. The number of benzene rings is 3. The molecule has 0 bridgehead atoms. The van der Waals surface area contributed by atoms with Crippen LogP contribution in [0.5, 0.6) is 11.5 Å². The summed E-state index contributed by atoms with van der Waals surface area (Å²) in [6.45, 7) is 2.53. The van der Waals surface area contributed by atoms with Crippen LogP contribution in [0.2, 0.25) is 0 Å². The van der Waals surface area contributed by atoms with Gasteiger partial charge in [-0.25, -0.2) is 9.18 Å². The Morgan fingerprint density at radius 1 is 0.921 bits per heavy atom. The number of ether oxygens (including phenoxy) is 2. The Balaban J connectivity index is 1.79. The van der Waals surface area contributed by atoms with E-state index in [1.807, 2.05) is 6.92 Å². The van der Waals surface area contributed by atoms with Crippen LogP contribution in [0.3, 0.4) is 0 Å². The number of carbonyl (C=O) groups is 1. The van der Waals surface area contributed by atoms with Gasteiger partial charge in [0.2, 0.25) is 0 Å². The van der Waals surface area contributed by atoms with Gasteiger partial charge in [-0.05, 0) is 36.2 Å². The summed E-state index contributed by atoms with van der Waals surface area (Å²) >= 11 is 0. The number of aromatic nitrogens is 2. The molecule has 0 aliphatic rings. The van der Waals surface area contributed by atoms with Crippen LogP contribution in [0.15, 0.2) is 70.3 Å². The Kier molecular flexibility index (Phi) is 8.25. The average Bonchev–Trinajstić information content (AvgIpc) is 2.94. The normalized spacial score (nSPS) is 10.9. The molecule has 0 aliphatic heterocycles. The van der Waals surface area contributed by atoms with E-state index >= 15 is 0 Å². The highest BCUT2D eigenvalue weighted by atomic mass is 19.1. The zero-order valence-electron chi connectivity index (χ0n) is 21.6. The van der Waals surface area contributed by atoms with Crippen molar-refractivity contribution in [3.63, 3.8) is 0 Å².